The number of hydrogen-bond donors (Lipinski definition) is 3. The lowest BCUT2D eigenvalue weighted by Crippen LogP contribution is -2.25. The van der Waals surface area contributed by atoms with Gasteiger partial charge in [-0.05, 0) is 50.1 Å². The van der Waals surface area contributed by atoms with E-state index in [1.54, 1.807) is 24.5 Å². The van der Waals surface area contributed by atoms with Crippen molar-refractivity contribution in [3.63, 3.8) is 0 Å². The van der Waals surface area contributed by atoms with Crippen molar-refractivity contribution in [1.82, 2.24) is 40.4 Å². The lowest BCUT2D eigenvalue weighted by atomic mass is 10.1. The maximum Gasteiger partial charge on any atom is 0.178 e. The lowest BCUT2D eigenvalue weighted by molar-refractivity contribution is 0.115. The van der Waals surface area contributed by atoms with Crippen LogP contribution in [0.15, 0.2) is 59.6 Å². The predicted octanol–water partition coefficient (Wildman–Crippen LogP) is 3.86. The topological polar surface area (TPSA) is 139 Å². The molecule has 0 aromatic carbocycles. The van der Waals surface area contributed by atoms with Crippen molar-refractivity contribution in [3.05, 3.63) is 72.3 Å². The van der Waals surface area contributed by atoms with Crippen LogP contribution in [-0.4, -0.2) is 40.2 Å². The summed E-state index contributed by atoms with van der Waals surface area (Å²) in [7, 11) is 0. The molecule has 6 rings (SSSR count). The summed E-state index contributed by atoms with van der Waals surface area (Å²) in [5, 5.41) is 18.0. The van der Waals surface area contributed by atoms with Gasteiger partial charge in [-0.25, -0.2) is 19.9 Å². The third-order valence-electron chi connectivity index (χ3n) is 6.50. The molecule has 5 heterocycles. The maximum absolute atomic E-state index is 10.7. The maximum atomic E-state index is 10.7. The van der Waals surface area contributed by atoms with Gasteiger partial charge in [-0.2, -0.15) is 0 Å². The molecular weight excluding hydrogens is 444 g/mol. The van der Waals surface area contributed by atoms with Crippen LogP contribution >= 0.6 is 0 Å². The molecule has 0 radical (unpaired) electrons. The van der Waals surface area contributed by atoms with E-state index in [0.717, 1.165) is 29.6 Å². The minimum Gasteiger partial charge on any atom is -0.373 e. The first-order valence-electron chi connectivity index (χ1n) is 11.5. The van der Waals surface area contributed by atoms with Gasteiger partial charge in [-0.15, -0.1) is 0 Å². The summed E-state index contributed by atoms with van der Waals surface area (Å²) >= 11 is 0. The zero-order valence-corrected chi connectivity index (χ0v) is 19.3. The highest BCUT2D eigenvalue weighted by molar-refractivity contribution is 5.75. The van der Waals surface area contributed by atoms with E-state index in [9.17, 15) is 5.11 Å². The molecule has 0 amide bonds. The van der Waals surface area contributed by atoms with Crippen LogP contribution in [0.5, 0.6) is 0 Å². The Bertz CT molecular complexity index is 1490. The molecule has 1 fully saturated rings. The molecule has 3 N–H and O–H groups in total. The Balaban J connectivity index is 1.18. The molecule has 10 nitrogen and oxygen atoms in total. The summed E-state index contributed by atoms with van der Waals surface area (Å²) in [4.78, 5) is 25.2. The van der Waals surface area contributed by atoms with Crippen LogP contribution in [0.1, 0.15) is 56.1 Å². The van der Waals surface area contributed by atoms with Crippen LogP contribution in [0.25, 0.3) is 33.9 Å². The number of nitrogens with one attached hydrogen (secondary N) is 2. The van der Waals surface area contributed by atoms with Crippen LogP contribution in [-0.2, 0) is 5.41 Å². The molecule has 0 aliphatic heterocycles. The van der Waals surface area contributed by atoms with Gasteiger partial charge in [0.1, 0.15) is 18.2 Å². The zero-order valence-electron chi connectivity index (χ0n) is 19.3. The van der Waals surface area contributed by atoms with Gasteiger partial charge < -0.3 is 14.6 Å². The molecule has 5 aromatic rings. The van der Waals surface area contributed by atoms with E-state index in [4.69, 9.17) is 9.51 Å². The Morgan fingerprint density at radius 2 is 2.00 bits per heavy atom. The van der Waals surface area contributed by atoms with Crippen molar-refractivity contribution in [2.75, 3.05) is 0 Å². The van der Waals surface area contributed by atoms with E-state index in [2.05, 4.69) is 48.4 Å². The smallest absolute Gasteiger partial charge is 0.178 e. The molecule has 1 unspecified atom stereocenters. The molecule has 2 atom stereocenters. The van der Waals surface area contributed by atoms with E-state index >= 15 is 0 Å². The van der Waals surface area contributed by atoms with Crippen LogP contribution in [0.4, 0.5) is 0 Å². The number of hydrogen-bond acceptors (Lipinski definition) is 9. The number of aromatic amines is 1. The number of aliphatic hydroxyl groups is 1. The Kier molecular flexibility index (Phi) is 5.12. The fourth-order valence-corrected chi connectivity index (χ4v) is 4.00. The van der Waals surface area contributed by atoms with Gasteiger partial charge in [0.05, 0.1) is 22.9 Å². The highest BCUT2D eigenvalue weighted by atomic mass is 16.5. The lowest BCUT2D eigenvalue weighted by Gasteiger charge is -2.16. The molecule has 176 valence electrons. The Hall–Kier alpha value is -4.02. The quantitative estimate of drug-likeness (QED) is 0.304. The molecule has 0 saturated heterocycles. The second-order valence-corrected chi connectivity index (χ2v) is 9.19. The minimum atomic E-state index is -1.03. The summed E-state index contributed by atoms with van der Waals surface area (Å²) < 4.78 is 5.55. The van der Waals surface area contributed by atoms with Crippen molar-refractivity contribution in [3.8, 4) is 22.8 Å². The average Bonchev–Trinajstić information content (AvgIpc) is 3.28. The highest BCUT2D eigenvalue weighted by Gasteiger charge is 2.40. The number of nitrogens with zero attached hydrogens (tertiary/aromatic N) is 6. The average molecular weight is 469 g/mol. The molecule has 10 heteroatoms. The monoisotopic (exact) mass is 468 g/mol. The SMILES string of the molecule is C[C@@H](NC(O)c1cc(-c2cccnc2)ncn1)c1cc(-c2nc3nc(C4(C)CC4)ccc3[nH]2)no1. The van der Waals surface area contributed by atoms with E-state index < -0.39 is 6.23 Å². The van der Waals surface area contributed by atoms with Crippen molar-refractivity contribution in [2.24, 2.45) is 0 Å². The number of imidazole rings is 1. The molecule has 5 aromatic heterocycles. The second kappa shape index (κ2) is 8.33. The van der Waals surface area contributed by atoms with Crippen molar-refractivity contribution in [2.45, 2.75) is 44.4 Å². The van der Waals surface area contributed by atoms with Crippen molar-refractivity contribution >= 4 is 11.2 Å². The normalized spacial score (nSPS) is 16.3. The number of aliphatic hydroxyl groups excluding tert-OH is 1. The molecule has 1 aliphatic carbocycles. The first-order valence-corrected chi connectivity index (χ1v) is 11.5. The molecule has 1 aliphatic rings. The third-order valence-corrected chi connectivity index (χ3v) is 6.50. The number of aromatic nitrogens is 7. The number of rotatable bonds is 7. The largest absolute Gasteiger partial charge is 0.373 e. The molecule has 1 saturated carbocycles. The highest BCUT2D eigenvalue weighted by Crippen LogP contribution is 2.46. The molecule has 0 bridgehead atoms. The first kappa shape index (κ1) is 21.5. The Labute approximate surface area is 200 Å². The van der Waals surface area contributed by atoms with E-state index in [1.165, 1.54) is 6.33 Å². The fraction of sp³-hybridized carbons (Fsp3) is 0.280. The van der Waals surface area contributed by atoms with E-state index in [-0.39, 0.29) is 11.5 Å². The van der Waals surface area contributed by atoms with Crippen LogP contribution in [0.2, 0.25) is 0 Å². The van der Waals surface area contributed by atoms with Crippen LogP contribution in [0, 0.1) is 0 Å². The third kappa shape index (κ3) is 4.17. The van der Waals surface area contributed by atoms with Crippen molar-refractivity contribution in [1.29, 1.82) is 0 Å². The van der Waals surface area contributed by atoms with Crippen LogP contribution in [0.3, 0.4) is 0 Å². The summed E-state index contributed by atoms with van der Waals surface area (Å²) in [5.74, 6) is 1.14. The van der Waals surface area contributed by atoms with E-state index in [1.807, 2.05) is 25.1 Å². The number of fused-ring (bicyclic) bond motifs is 1. The predicted molar refractivity (Wildman–Crippen MR) is 128 cm³/mol. The van der Waals surface area contributed by atoms with Gasteiger partial charge in [0.15, 0.2) is 17.2 Å². The summed E-state index contributed by atoms with van der Waals surface area (Å²) in [6.45, 7) is 4.10. The summed E-state index contributed by atoms with van der Waals surface area (Å²) in [5.41, 5.74) is 5.31. The molecule has 0 spiro atoms. The van der Waals surface area contributed by atoms with Gasteiger partial charge in [-0.1, -0.05) is 12.1 Å². The Morgan fingerprint density at radius 3 is 2.80 bits per heavy atom. The van der Waals surface area contributed by atoms with Gasteiger partial charge in [0, 0.05) is 35.1 Å². The number of H-pyrrole nitrogens is 1. The number of pyridine rings is 2. The summed E-state index contributed by atoms with van der Waals surface area (Å²) in [6.07, 6.45) is 6.12. The van der Waals surface area contributed by atoms with Gasteiger partial charge in [0.25, 0.3) is 0 Å². The van der Waals surface area contributed by atoms with Gasteiger partial charge in [0.2, 0.25) is 0 Å². The van der Waals surface area contributed by atoms with Crippen LogP contribution < -0.4 is 5.32 Å². The second-order valence-electron chi connectivity index (χ2n) is 9.19. The standard InChI is InChI=1S/C25H24N8O2/c1-14(29-24(34)19-10-17(27-13-28-19)15-4-3-9-26-12-15)20-11-18(33-35-20)23-30-16-5-6-21(25(2)7-8-25)31-22(16)32-23/h3-6,9-14,24,29,34H,7-8H2,1-2H3,(H,30,31,32)/t14-,24?/m1/s1. The zero-order chi connectivity index (χ0) is 24.0. The van der Waals surface area contributed by atoms with Gasteiger partial charge >= 0.3 is 0 Å². The fourth-order valence-electron chi connectivity index (χ4n) is 4.00. The molecule has 35 heavy (non-hydrogen) atoms. The molecular formula is C25H24N8O2. The minimum absolute atomic E-state index is 0.179. The van der Waals surface area contributed by atoms with Gasteiger partial charge in [-0.3, -0.25) is 10.3 Å². The van der Waals surface area contributed by atoms with Crippen molar-refractivity contribution < 1.29 is 9.63 Å². The summed E-state index contributed by atoms with van der Waals surface area (Å²) in [6, 6.07) is 11.0. The van der Waals surface area contributed by atoms with E-state index in [0.29, 0.717) is 34.3 Å². The first-order chi connectivity index (χ1) is 17.0. The Morgan fingerprint density at radius 1 is 1.11 bits per heavy atom.